The number of rotatable bonds is 7. The van der Waals surface area contributed by atoms with E-state index in [1.54, 1.807) is 0 Å². The molecule has 0 bridgehead atoms. The Kier molecular flexibility index (Phi) is 9.93. The van der Waals surface area contributed by atoms with E-state index in [9.17, 15) is 0 Å². The van der Waals surface area contributed by atoms with Gasteiger partial charge >= 0.3 is 0 Å². The van der Waals surface area contributed by atoms with Gasteiger partial charge in [-0.25, -0.2) is 0 Å². The highest BCUT2D eigenvalue weighted by molar-refractivity contribution is 9.11. The Bertz CT molecular complexity index is 1670. The molecule has 0 unspecified atom stereocenters. The first-order chi connectivity index (χ1) is 21.4. The summed E-state index contributed by atoms with van der Waals surface area (Å²) >= 11 is 14.3. The average Bonchev–Trinajstić information content (AvgIpc) is 3.05. The topological polar surface area (TPSA) is 0 Å². The molecule has 0 amide bonds. The molecule has 0 aliphatic rings. The smallest absolute Gasteiger partial charge is 0.0175 e. The molecule has 0 saturated carbocycles. The lowest BCUT2D eigenvalue weighted by Gasteiger charge is -2.11. The second-order valence-electron chi connectivity index (χ2n) is 10.4. The van der Waals surface area contributed by atoms with Crippen LogP contribution in [0.4, 0.5) is 0 Å². The van der Waals surface area contributed by atoms with Crippen molar-refractivity contribution in [3.05, 3.63) is 197 Å². The molecule has 0 N–H and O–H groups in total. The molecule has 4 heteroatoms. The minimum Gasteiger partial charge on any atom is -0.0543 e. The van der Waals surface area contributed by atoms with Gasteiger partial charge in [-0.05, 0) is 116 Å². The van der Waals surface area contributed by atoms with Crippen molar-refractivity contribution in [2.24, 2.45) is 0 Å². The lowest BCUT2D eigenvalue weighted by atomic mass is 9.94. The molecule has 0 saturated heterocycles. The maximum absolute atomic E-state index is 3.57. The molecule has 6 aromatic carbocycles. The van der Waals surface area contributed by atoms with Crippen LogP contribution in [0.15, 0.2) is 163 Å². The Labute approximate surface area is 292 Å². The predicted molar refractivity (Wildman–Crippen MR) is 202 cm³/mol. The largest absolute Gasteiger partial charge is 0.0543 e. The summed E-state index contributed by atoms with van der Waals surface area (Å²) in [6.45, 7) is 0. The van der Waals surface area contributed by atoms with E-state index in [1.165, 1.54) is 44.5 Å². The molecule has 0 radical (unpaired) electrons. The molecule has 214 valence electrons. The zero-order chi connectivity index (χ0) is 30.5. The third kappa shape index (κ3) is 7.68. The van der Waals surface area contributed by atoms with Crippen molar-refractivity contribution in [2.45, 2.75) is 0 Å². The van der Waals surface area contributed by atoms with Gasteiger partial charge in [-0.3, -0.25) is 0 Å². The van der Waals surface area contributed by atoms with Gasteiger partial charge in [-0.15, -0.1) is 0 Å². The molecule has 0 aliphatic carbocycles. The molecule has 6 aromatic rings. The van der Waals surface area contributed by atoms with Crippen LogP contribution in [0.5, 0.6) is 0 Å². The van der Waals surface area contributed by atoms with Crippen molar-refractivity contribution in [1.82, 2.24) is 0 Å². The van der Waals surface area contributed by atoms with E-state index >= 15 is 0 Å². The highest BCUT2D eigenvalue weighted by atomic mass is 79.9. The van der Waals surface area contributed by atoms with E-state index < -0.39 is 0 Å². The van der Waals surface area contributed by atoms with Crippen molar-refractivity contribution in [3.63, 3.8) is 0 Å². The Balaban J connectivity index is 1.28. The van der Waals surface area contributed by atoms with E-state index in [2.05, 4.69) is 221 Å². The summed E-state index contributed by atoms with van der Waals surface area (Å²) in [5.74, 6) is 0. The first kappa shape index (κ1) is 30.7. The van der Waals surface area contributed by atoms with Crippen molar-refractivity contribution >= 4 is 87.0 Å². The van der Waals surface area contributed by atoms with E-state index in [0.29, 0.717) is 0 Å². The van der Waals surface area contributed by atoms with Gasteiger partial charge in [0.15, 0.2) is 0 Å². The van der Waals surface area contributed by atoms with Gasteiger partial charge in [0.1, 0.15) is 0 Å². The van der Waals surface area contributed by atoms with Crippen LogP contribution in [0, 0.1) is 0 Å². The first-order valence-electron chi connectivity index (χ1n) is 14.1. The van der Waals surface area contributed by atoms with Crippen LogP contribution in [0.2, 0.25) is 0 Å². The summed E-state index contributed by atoms with van der Waals surface area (Å²) in [5.41, 5.74) is 11.7. The van der Waals surface area contributed by atoms with E-state index in [0.717, 1.165) is 29.0 Å². The van der Waals surface area contributed by atoms with Crippen LogP contribution in [-0.2, 0) is 0 Å². The molecule has 0 nitrogen and oxygen atoms in total. The molecule has 0 aromatic heterocycles. The average molecular weight is 826 g/mol. The van der Waals surface area contributed by atoms with Gasteiger partial charge in [0.2, 0.25) is 0 Å². The Morgan fingerprint density at radius 1 is 0.295 bits per heavy atom. The van der Waals surface area contributed by atoms with Crippen molar-refractivity contribution in [1.29, 1.82) is 0 Å². The van der Waals surface area contributed by atoms with Crippen LogP contribution >= 0.6 is 63.7 Å². The lowest BCUT2D eigenvalue weighted by Crippen LogP contribution is -1.89. The quantitative estimate of drug-likeness (QED) is 0.141. The number of benzene rings is 6. The van der Waals surface area contributed by atoms with Gasteiger partial charge < -0.3 is 0 Å². The summed E-state index contributed by atoms with van der Waals surface area (Å²) in [4.78, 5) is 0. The SMILES string of the molecule is Brc1ccc(C(=Cc2ccc(-c3ccc(C=C(c4ccc(Br)cc4)c4ccc(Br)cc4)cc3)cc2)c2ccc(Br)cc2)cc1. The molecule has 0 atom stereocenters. The Morgan fingerprint density at radius 3 is 0.750 bits per heavy atom. The van der Waals surface area contributed by atoms with E-state index in [4.69, 9.17) is 0 Å². The van der Waals surface area contributed by atoms with Crippen LogP contribution < -0.4 is 0 Å². The second kappa shape index (κ2) is 14.2. The van der Waals surface area contributed by atoms with Crippen LogP contribution in [0.3, 0.4) is 0 Å². The molecule has 0 spiro atoms. The summed E-state index contributed by atoms with van der Waals surface area (Å²) < 4.78 is 4.28. The highest BCUT2D eigenvalue weighted by Gasteiger charge is 2.09. The molecule has 0 fully saturated rings. The van der Waals surface area contributed by atoms with Crippen LogP contribution in [0.25, 0.3) is 34.4 Å². The first-order valence-corrected chi connectivity index (χ1v) is 17.3. The fourth-order valence-corrected chi connectivity index (χ4v) is 6.12. The zero-order valence-corrected chi connectivity index (χ0v) is 29.9. The number of hydrogen-bond donors (Lipinski definition) is 0. The van der Waals surface area contributed by atoms with Crippen molar-refractivity contribution in [2.75, 3.05) is 0 Å². The predicted octanol–water partition coefficient (Wildman–Crippen LogP) is 13.6. The maximum Gasteiger partial charge on any atom is 0.0175 e. The third-order valence-corrected chi connectivity index (χ3v) is 9.51. The van der Waals surface area contributed by atoms with Crippen molar-refractivity contribution in [3.8, 4) is 11.1 Å². The second-order valence-corrected chi connectivity index (χ2v) is 14.1. The fraction of sp³-hybridized carbons (Fsp3) is 0. The highest BCUT2D eigenvalue weighted by Crippen LogP contribution is 2.31. The van der Waals surface area contributed by atoms with Crippen LogP contribution in [0.1, 0.15) is 33.4 Å². The minimum atomic E-state index is 1.07. The number of halogens is 4. The fourth-order valence-electron chi connectivity index (χ4n) is 5.06. The minimum absolute atomic E-state index is 1.07. The Morgan fingerprint density at radius 2 is 0.523 bits per heavy atom. The summed E-state index contributed by atoms with van der Waals surface area (Å²) in [7, 11) is 0. The van der Waals surface area contributed by atoms with E-state index in [1.807, 2.05) is 0 Å². The summed E-state index contributed by atoms with van der Waals surface area (Å²) in [6, 6.07) is 51.5. The Hall–Kier alpha value is -3.28. The number of hydrogen-bond acceptors (Lipinski definition) is 0. The molecule has 44 heavy (non-hydrogen) atoms. The monoisotopic (exact) mass is 822 g/mol. The molecule has 0 heterocycles. The standard InChI is InChI=1S/C40H26Br4/c41-35-17-9-31(10-18-35)39(32-11-19-36(42)20-12-32)25-27-1-5-29(6-2-27)30-7-3-28(4-8-30)26-40(33-13-21-37(43)22-14-33)34-15-23-38(44)24-16-34/h1-26H. The molecular weight excluding hydrogens is 800 g/mol. The maximum atomic E-state index is 3.57. The summed E-state index contributed by atoms with van der Waals surface area (Å²) in [6.07, 6.45) is 4.52. The van der Waals surface area contributed by atoms with Gasteiger partial charge in [0, 0.05) is 17.9 Å². The van der Waals surface area contributed by atoms with Crippen molar-refractivity contribution < 1.29 is 0 Å². The lowest BCUT2D eigenvalue weighted by molar-refractivity contribution is 1.52. The van der Waals surface area contributed by atoms with Crippen LogP contribution in [-0.4, -0.2) is 0 Å². The summed E-state index contributed by atoms with van der Waals surface area (Å²) in [5, 5.41) is 0. The van der Waals surface area contributed by atoms with Gasteiger partial charge in [-0.2, -0.15) is 0 Å². The third-order valence-electron chi connectivity index (χ3n) is 7.40. The van der Waals surface area contributed by atoms with Gasteiger partial charge in [-0.1, -0.05) is 161 Å². The molecule has 6 rings (SSSR count). The molecular formula is C40H26Br4. The van der Waals surface area contributed by atoms with Gasteiger partial charge in [0.25, 0.3) is 0 Å². The normalized spacial score (nSPS) is 10.7. The zero-order valence-electron chi connectivity index (χ0n) is 23.5. The van der Waals surface area contributed by atoms with E-state index in [-0.39, 0.29) is 0 Å². The van der Waals surface area contributed by atoms with Gasteiger partial charge in [0.05, 0.1) is 0 Å². The molecule has 0 aliphatic heterocycles.